The molecule has 0 fully saturated rings. The van der Waals surface area contributed by atoms with Crippen molar-refractivity contribution in [2.75, 3.05) is 4.90 Å². The van der Waals surface area contributed by atoms with Crippen LogP contribution in [0.25, 0.3) is 65.3 Å². The monoisotopic (exact) mass is 637 g/mol. The molecule has 1 aliphatic carbocycles. The summed E-state index contributed by atoms with van der Waals surface area (Å²) in [6.07, 6.45) is 0. The lowest BCUT2D eigenvalue weighted by atomic mass is 9.82. The topological polar surface area (TPSA) is 3.24 Å². The zero-order chi connectivity index (χ0) is 33.4. The summed E-state index contributed by atoms with van der Waals surface area (Å²) >= 11 is 0. The number of rotatable bonds is 4. The van der Waals surface area contributed by atoms with Crippen molar-refractivity contribution in [1.82, 2.24) is 0 Å². The van der Waals surface area contributed by atoms with Crippen LogP contribution in [0.4, 0.5) is 17.1 Å². The summed E-state index contributed by atoms with van der Waals surface area (Å²) in [5, 5.41) is 10.1. The number of benzene rings is 9. The van der Waals surface area contributed by atoms with Crippen molar-refractivity contribution in [3.8, 4) is 22.3 Å². The number of anilines is 3. The fraction of sp³-hybridized carbons (Fsp3) is 0.0612. The van der Waals surface area contributed by atoms with Crippen LogP contribution in [0.5, 0.6) is 0 Å². The Hall–Kier alpha value is -6.18. The molecule has 236 valence electrons. The molecule has 9 aromatic carbocycles. The minimum absolute atomic E-state index is 0.101. The molecule has 0 radical (unpaired) electrons. The molecule has 10 rings (SSSR count). The van der Waals surface area contributed by atoms with E-state index in [9.17, 15) is 0 Å². The third-order valence-corrected chi connectivity index (χ3v) is 11.0. The van der Waals surface area contributed by atoms with Gasteiger partial charge in [-0.3, -0.25) is 0 Å². The summed E-state index contributed by atoms with van der Waals surface area (Å²) in [4.78, 5) is 2.51. The highest BCUT2D eigenvalue weighted by molar-refractivity contribution is 6.21. The van der Waals surface area contributed by atoms with Crippen molar-refractivity contribution in [2.45, 2.75) is 19.3 Å². The molecule has 1 nitrogen and oxygen atoms in total. The van der Waals surface area contributed by atoms with Gasteiger partial charge < -0.3 is 4.90 Å². The first-order chi connectivity index (χ1) is 24.6. The van der Waals surface area contributed by atoms with Crippen molar-refractivity contribution in [1.29, 1.82) is 0 Å². The molecule has 1 aliphatic rings. The maximum atomic E-state index is 2.51. The average Bonchev–Trinajstić information content (AvgIpc) is 3.41. The van der Waals surface area contributed by atoms with E-state index in [0.717, 1.165) is 5.69 Å². The van der Waals surface area contributed by atoms with Crippen molar-refractivity contribution < 1.29 is 0 Å². The van der Waals surface area contributed by atoms with Gasteiger partial charge in [0.2, 0.25) is 0 Å². The van der Waals surface area contributed by atoms with E-state index in [4.69, 9.17) is 0 Å². The third-order valence-electron chi connectivity index (χ3n) is 11.0. The molecule has 1 heteroatoms. The van der Waals surface area contributed by atoms with Gasteiger partial charge in [0.05, 0.1) is 11.4 Å². The molecule has 50 heavy (non-hydrogen) atoms. The molecule has 0 saturated carbocycles. The second-order valence-electron chi connectivity index (χ2n) is 14.1. The van der Waals surface area contributed by atoms with E-state index in [1.54, 1.807) is 0 Å². The Bertz CT molecular complexity index is 2780. The van der Waals surface area contributed by atoms with Gasteiger partial charge in [0, 0.05) is 22.1 Å². The van der Waals surface area contributed by atoms with E-state index in [0.29, 0.717) is 0 Å². The van der Waals surface area contributed by atoms with E-state index < -0.39 is 0 Å². The Kier molecular flexibility index (Phi) is 6.29. The Morgan fingerprint density at radius 2 is 0.960 bits per heavy atom. The minimum atomic E-state index is -0.101. The van der Waals surface area contributed by atoms with Crippen LogP contribution in [0.1, 0.15) is 25.0 Å². The first-order valence-corrected chi connectivity index (χ1v) is 17.5. The maximum Gasteiger partial charge on any atom is 0.0546 e. The summed E-state index contributed by atoms with van der Waals surface area (Å²) in [5.74, 6) is 0. The second kappa shape index (κ2) is 10.9. The standard InChI is InChI=1S/C49H35N/c1-49(2)43-20-8-7-18-42(43)48-44(49)21-11-23-46(48)50(36-28-24-34(25-29-36)38-19-9-14-32-12-3-5-16-37(32)38)45-22-10-15-35-27-30-40-39-17-6-4-13-33(39)26-31-41(40)47(35)45/h3-31H,1-2H3. The highest BCUT2D eigenvalue weighted by Crippen LogP contribution is 2.55. The van der Waals surface area contributed by atoms with Crippen LogP contribution in [0.2, 0.25) is 0 Å². The Morgan fingerprint density at radius 1 is 0.380 bits per heavy atom. The molecule has 9 aromatic rings. The fourth-order valence-electron chi connectivity index (χ4n) is 8.64. The summed E-state index contributed by atoms with van der Waals surface area (Å²) in [6, 6.07) is 65.0. The van der Waals surface area contributed by atoms with E-state index in [2.05, 4.69) is 195 Å². The van der Waals surface area contributed by atoms with Crippen LogP contribution in [0.3, 0.4) is 0 Å². The smallest absolute Gasteiger partial charge is 0.0546 e. The SMILES string of the molecule is CC1(C)c2ccccc2-c2c(N(c3ccc(-c4cccc5ccccc45)cc3)c3cccc4ccc5c6ccccc6ccc5c34)cccc21. The van der Waals surface area contributed by atoms with Crippen LogP contribution in [-0.2, 0) is 5.41 Å². The van der Waals surface area contributed by atoms with Crippen molar-refractivity contribution in [3.63, 3.8) is 0 Å². The molecular formula is C49H35N. The highest BCUT2D eigenvalue weighted by Gasteiger charge is 2.37. The molecule has 0 atom stereocenters. The van der Waals surface area contributed by atoms with Crippen LogP contribution >= 0.6 is 0 Å². The third kappa shape index (κ3) is 4.20. The number of nitrogens with zero attached hydrogens (tertiary/aromatic N) is 1. The van der Waals surface area contributed by atoms with Gasteiger partial charge >= 0.3 is 0 Å². The number of fused-ring (bicyclic) bond motifs is 9. The lowest BCUT2D eigenvalue weighted by Crippen LogP contribution is -2.16. The van der Waals surface area contributed by atoms with Crippen molar-refractivity contribution in [3.05, 3.63) is 187 Å². The van der Waals surface area contributed by atoms with Gasteiger partial charge in [-0.1, -0.05) is 166 Å². The van der Waals surface area contributed by atoms with Crippen molar-refractivity contribution in [2.24, 2.45) is 0 Å². The fourth-order valence-corrected chi connectivity index (χ4v) is 8.64. The summed E-state index contributed by atoms with van der Waals surface area (Å²) in [7, 11) is 0. The lowest BCUT2D eigenvalue weighted by Gasteiger charge is -2.30. The van der Waals surface area contributed by atoms with Crippen LogP contribution in [-0.4, -0.2) is 0 Å². The molecule has 0 unspecified atom stereocenters. The predicted octanol–water partition coefficient (Wildman–Crippen LogP) is 13.7. The Labute approximate surface area is 292 Å². The molecule has 0 bridgehead atoms. The van der Waals surface area contributed by atoms with Gasteiger partial charge in [0.15, 0.2) is 0 Å². The molecule has 0 heterocycles. The Morgan fingerprint density at radius 3 is 1.82 bits per heavy atom. The summed E-state index contributed by atoms with van der Waals surface area (Å²) in [6.45, 7) is 4.72. The van der Waals surface area contributed by atoms with E-state index in [1.165, 1.54) is 87.8 Å². The first kappa shape index (κ1) is 28.8. The van der Waals surface area contributed by atoms with E-state index >= 15 is 0 Å². The molecule has 0 spiro atoms. The van der Waals surface area contributed by atoms with E-state index in [1.807, 2.05) is 0 Å². The van der Waals surface area contributed by atoms with Crippen molar-refractivity contribution >= 4 is 60.2 Å². The molecular weight excluding hydrogens is 603 g/mol. The van der Waals surface area contributed by atoms with Gasteiger partial charge in [-0.15, -0.1) is 0 Å². The maximum absolute atomic E-state index is 2.51. The zero-order valence-electron chi connectivity index (χ0n) is 28.2. The highest BCUT2D eigenvalue weighted by atomic mass is 15.1. The number of hydrogen-bond donors (Lipinski definition) is 0. The summed E-state index contributed by atoms with van der Waals surface area (Å²) < 4.78 is 0. The van der Waals surface area contributed by atoms with Crippen LogP contribution in [0.15, 0.2) is 176 Å². The molecule has 0 N–H and O–H groups in total. The number of hydrogen-bond acceptors (Lipinski definition) is 1. The van der Waals surface area contributed by atoms with Gasteiger partial charge in [-0.25, -0.2) is 0 Å². The largest absolute Gasteiger partial charge is 0.309 e. The average molecular weight is 638 g/mol. The summed E-state index contributed by atoms with van der Waals surface area (Å²) in [5.41, 5.74) is 11.2. The first-order valence-electron chi connectivity index (χ1n) is 17.5. The molecule has 0 saturated heterocycles. The molecule has 0 aliphatic heterocycles. The van der Waals surface area contributed by atoms with Gasteiger partial charge in [0.1, 0.15) is 0 Å². The normalized spacial score (nSPS) is 13.2. The predicted molar refractivity (Wildman–Crippen MR) is 214 cm³/mol. The van der Waals surface area contributed by atoms with Gasteiger partial charge in [-0.05, 0) is 89.8 Å². The quantitative estimate of drug-likeness (QED) is 0.174. The second-order valence-corrected chi connectivity index (χ2v) is 14.1. The molecule has 0 aromatic heterocycles. The molecule has 0 amide bonds. The van der Waals surface area contributed by atoms with Crippen LogP contribution < -0.4 is 4.90 Å². The minimum Gasteiger partial charge on any atom is -0.309 e. The Balaban J connectivity index is 1.26. The van der Waals surface area contributed by atoms with Crippen LogP contribution in [0, 0.1) is 0 Å². The van der Waals surface area contributed by atoms with Gasteiger partial charge in [0.25, 0.3) is 0 Å². The lowest BCUT2D eigenvalue weighted by molar-refractivity contribution is 0.660. The zero-order valence-corrected chi connectivity index (χ0v) is 28.2. The van der Waals surface area contributed by atoms with E-state index in [-0.39, 0.29) is 5.41 Å². The van der Waals surface area contributed by atoms with Gasteiger partial charge in [-0.2, -0.15) is 0 Å².